The van der Waals surface area contributed by atoms with Crippen LogP contribution in [0.2, 0.25) is 0 Å². The van der Waals surface area contributed by atoms with Crippen molar-refractivity contribution < 1.29 is 24.2 Å². The van der Waals surface area contributed by atoms with Crippen LogP contribution in [-0.2, 0) is 14.3 Å². The van der Waals surface area contributed by atoms with Gasteiger partial charge in [0.25, 0.3) is 0 Å². The molecule has 1 heterocycles. The average Bonchev–Trinajstić information content (AvgIpc) is 2.39. The SMILES string of the molecule is CC(C)(C)OC(=O)NC1(C(=O)O)COCC1(C)C. The van der Waals surface area contributed by atoms with E-state index in [1.807, 2.05) is 0 Å². The molecule has 18 heavy (non-hydrogen) atoms. The predicted octanol–water partition coefficient (Wildman–Crippen LogP) is 1.39. The Morgan fingerprint density at radius 3 is 2.17 bits per heavy atom. The Morgan fingerprint density at radius 2 is 1.83 bits per heavy atom. The molecule has 1 aliphatic rings. The minimum absolute atomic E-state index is 0.0609. The first kappa shape index (κ1) is 14.8. The highest BCUT2D eigenvalue weighted by Crippen LogP contribution is 2.37. The van der Waals surface area contributed by atoms with Crippen molar-refractivity contribution in [2.75, 3.05) is 13.2 Å². The fraction of sp³-hybridized carbons (Fsp3) is 0.833. The molecule has 1 unspecified atom stereocenters. The lowest BCUT2D eigenvalue weighted by atomic mass is 9.75. The normalized spacial score (nSPS) is 26.7. The van der Waals surface area contributed by atoms with Crippen molar-refractivity contribution in [2.24, 2.45) is 5.41 Å². The summed E-state index contributed by atoms with van der Waals surface area (Å²) in [5, 5.41) is 11.8. The van der Waals surface area contributed by atoms with E-state index in [-0.39, 0.29) is 13.2 Å². The van der Waals surface area contributed by atoms with Crippen molar-refractivity contribution in [3.05, 3.63) is 0 Å². The number of hydrogen-bond acceptors (Lipinski definition) is 4. The summed E-state index contributed by atoms with van der Waals surface area (Å²) >= 11 is 0. The third-order valence-electron chi connectivity index (χ3n) is 3.02. The molecule has 6 heteroatoms. The van der Waals surface area contributed by atoms with E-state index in [0.29, 0.717) is 0 Å². The second kappa shape index (κ2) is 4.42. The molecule has 1 fully saturated rings. The maximum atomic E-state index is 11.8. The Morgan fingerprint density at radius 1 is 1.28 bits per heavy atom. The third kappa shape index (κ3) is 2.75. The van der Waals surface area contributed by atoms with Crippen LogP contribution in [0.15, 0.2) is 0 Å². The number of alkyl carbamates (subject to hydrolysis) is 1. The van der Waals surface area contributed by atoms with Gasteiger partial charge < -0.3 is 19.9 Å². The lowest BCUT2D eigenvalue weighted by Gasteiger charge is -2.36. The Labute approximate surface area is 107 Å². The number of nitrogens with one attached hydrogen (secondary N) is 1. The minimum atomic E-state index is -1.45. The summed E-state index contributed by atoms with van der Waals surface area (Å²) in [6.07, 6.45) is -0.747. The summed E-state index contributed by atoms with van der Waals surface area (Å²) in [4.78, 5) is 23.2. The smallest absolute Gasteiger partial charge is 0.408 e. The molecule has 1 rings (SSSR count). The maximum absolute atomic E-state index is 11.8. The van der Waals surface area contributed by atoms with Gasteiger partial charge in [0.1, 0.15) is 5.60 Å². The molecule has 6 nitrogen and oxygen atoms in total. The van der Waals surface area contributed by atoms with Crippen LogP contribution in [0.1, 0.15) is 34.6 Å². The Balaban J connectivity index is 2.89. The zero-order valence-electron chi connectivity index (χ0n) is 11.5. The van der Waals surface area contributed by atoms with Crippen molar-refractivity contribution in [1.29, 1.82) is 0 Å². The van der Waals surface area contributed by atoms with Crippen LogP contribution in [0, 0.1) is 5.41 Å². The molecule has 1 amide bonds. The van der Waals surface area contributed by atoms with Gasteiger partial charge >= 0.3 is 12.1 Å². The minimum Gasteiger partial charge on any atom is -0.479 e. The molecule has 0 aromatic rings. The summed E-state index contributed by atoms with van der Waals surface area (Å²) in [5.74, 6) is -1.11. The zero-order valence-corrected chi connectivity index (χ0v) is 11.5. The molecule has 0 spiro atoms. The monoisotopic (exact) mass is 259 g/mol. The van der Waals surface area contributed by atoms with Gasteiger partial charge in [-0.3, -0.25) is 0 Å². The molecule has 104 valence electrons. The molecule has 1 aliphatic heterocycles. The van der Waals surface area contributed by atoms with Gasteiger partial charge in [0.05, 0.1) is 13.2 Å². The van der Waals surface area contributed by atoms with Crippen LogP contribution in [0.25, 0.3) is 0 Å². The second-order valence-corrected chi connectivity index (χ2v) is 6.21. The molecule has 0 aromatic carbocycles. The van der Waals surface area contributed by atoms with E-state index in [0.717, 1.165) is 0 Å². The van der Waals surface area contributed by atoms with Crippen molar-refractivity contribution in [2.45, 2.75) is 45.8 Å². The molecule has 1 atom stereocenters. The van der Waals surface area contributed by atoms with Crippen molar-refractivity contribution in [3.8, 4) is 0 Å². The highest BCUT2D eigenvalue weighted by atomic mass is 16.6. The van der Waals surface area contributed by atoms with Crippen LogP contribution in [0.4, 0.5) is 4.79 Å². The number of ether oxygens (including phenoxy) is 2. The largest absolute Gasteiger partial charge is 0.479 e. The topological polar surface area (TPSA) is 84.9 Å². The number of rotatable bonds is 2. The summed E-state index contributed by atoms with van der Waals surface area (Å²) in [7, 11) is 0. The standard InChI is InChI=1S/C12H21NO5/c1-10(2,3)18-9(16)13-12(8(14)15)7-17-6-11(12,4)5/h6-7H2,1-5H3,(H,13,16)(H,14,15). The van der Waals surface area contributed by atoms with Gasteiger partial charge in [0, 0.05) is 5.41 Å². The molecular weight excluding hydrogens is 238 g/mol. The van der Waals surface area contributed by atoms with Gasteiger partial charge in [0.15, 0.2) is 5.54 Å². The van der Waals surface area contributed by atoms with E-state index in [4.69, 9.17) is 9.47 Å². The van der Waals surface area contributed by atoms with Crippen LogP contribution < -0.4 is 5.32 Å². The number of amides is 1. The molecule has 1 saturated heterocycles. The van der Waals surface area contributed by atoms with Crippen LogP contribution in [0.5, 0.6) is 0 Å². The molecule has 0 radical (unpaired) electrons. The van der Waals surface area contributed by atoms with Gasteiger partial charge in [-0.25, -0.2) is 9.59 Å². The van der Waals surface area contributed by atoms with Gasteiger partial charge in [-0.2, -0.15) is 0 Å². The molecule has 0 aromatic heterocycles. The third-order valence-corrected chi connectivity index (χ3v) is 3.02. The van der Waals surface area contributed by atoms with Crippen LogP contribution in [0.3, 0.4) is 0 Å². The summed E-state index contributed by atoms with van der Waals surface area (Å²) in [5.41, 5.74) is -2.82. The Hall–Kier alpha value is -1.30. The number of carbonyl (C=O) groups excluding carboxylic acids is 1. The quantitative estimate of drug-likeness (QED) is 0.782. The number of aliphatic carboxylic acids is 1. The van der Waals surface area contributed by atoms with Gasteiger partial charge in [-0.15, -0.1) is 0 Å². The van der Waals surface area contributed by atoms with Gasteiger partial charge in [0.2, 0.25) is 0 Å². The number of carboxylic acids is 1. The first-order valence-electron chi connectivity index (χ1n) is 5.82. The molecule has 0 aliphatic carbocycles. The lowest BCUT2D eigenvalue weighted by Crippen LogP contribution is -2.63. The fourth-order valence-electron chi connectivity index (χ4n) is 1.87. The fourth-order valence-corrected chi connectivity index (χ4v) is 1.87. The summed E-state index contributed by atoms with van der Waals surface area (Å²) < 4.78 is 10.3. The van der Waals surface area contributed by atoms with Crippen LogP contribution in [-0.4, -0.2) is 41.5 Å². The van der Waals surface area contributed by atoms with E-state index in [9.17, 15) is 14.7 Å². The summed E-state index contributed by atoms with van der Waals surface area (Å²) in [6, 6.07) is 0. The Kier molecular flexibility index (Phi) is 3.63. The van der Waals surface area contributed by atoms with E-state index in [1.165, 1.54) is 0 Å². The predicted molar refractivity (Wildman–Crippen MR) is 64.3 cm³/mol. The molecule has 2 N–H and O–H groups in total. The highest BCUT2D eigenvalue weighted by Gasteiger charge is 2.57. The number of carboxylic acid groups (broad SMARTS) is 1. The average molecular weight is 259 g/mol. The summed E-state index contributed by atoms with van der Waals surface area (Å²) in [6.45, 7) is 8.85. The first-order chi connectivity index (χ1) is 8.00. The zero-order chi connectivity index (χ0) is 14.2. The van der Waals surface area contributed by atoms with E-state index in [1.54, 1.807) is 34.6 Å². The first-order valence-corrected chi connectivity index (χ1v) is 5.82. The van der Waals surface area contributed by atoms with Crippen molar-refractivity contribution in [3.63, 3.8) is 0 Å². The van der Waals surface area contributed by atoms with Crippen molar-refractivity contribution in [1.82, 2.24) is 5.32 Å². The van der Waals surface area contributed by atoms with E-state index >= 15 is 0 Å². The lowest BCUT2D eigenvalue weighted by molar-refractivity contribution is -0.148. The Bertz CT molecular complexity index is 358. The highest BCUT2D eigenvalue weighted by molar-refractivity contribution is 5.86. The van der Waals surface area contributed by atoms with Gasteiger partial charge in [-0.1, -0.05) is 13.8 Å². The molecule has 0 saturated carbocycles. The number of carbonyl (C=O) groups is 2. The maximum Gasteiger partial charge on any atom is 0.408 e. The van der Waals surface area contributed by atoms with E-state index < -0.39 is 28.6 Å². The molecule has 0 bridgehead atoms. The second-order valence-electron chi connectivity index (χ2n) is 6.21. The van der Waals surface area contributed by atoms with E-state index in [2.05, 4.69) is 5.32 Å². The molecular formula is C12H21NO5. The number of hydrogen-bond donors (Lipinski definition) is 2. The van der Waals surface area contributed by atoms with Crippen LogP contribution >= 0.6 is 0 Å². The van der Waals surface area contributed by atoms with Crippen molar-refractivity contribution >= 4 is 12.1 Å². The van der Waals surface area contributed by atoms with Gasteiger partial charge in [-0.05, 0) is 20.8 Å².